The molecule has 7 heteroatoms. The van der Waals surface area contributed by atoms with E-state index in [1.54, 1.807) is 24.5 Å². The normalized spacial score (nSPS) is 19.8. The van der Waals surface area contributed by atoms with E-state index < -0.39 is 6.10 Å². The van der Waals surface area contributed by atoms with Gasteiger partial charge in [-0.15, -0.1) is 35.3 Å². The summed E-state index contributed by atoms with van der Waals surface area (Å²) in [5, 5.41) is 18.1. The number of hydrogen-bond acceptors (Lipinski definition) is 3. The third-order valence-corrected chi connectivity index (χ3v) is 6.09. The van der Waals surface area contributed by atoms with Crippen molar-refractivity contribution in [3.8, 4) is 0 Å². The summed E-state index contributed by atoms with van der Waals surface area (Å²) >= 11 is 1.60. The van der Waals surface area contributed by atoms with Crippen molar-refractivity contribution in [3.63, 3.8) is 0 Å². The third kappa shape index (κ3) is 4.64. The van der Waals surface area contributed by atoms with E-state index in [2.05, 4.69) is 21.7 Å². The Morgan fingerprint density at radius 2 is 2.00 bits per heavy atom. The molecule has 3 aromatic rings. The van der Waals surface area contributed by atoms with Gasteiger partial charge in [-0.1, -0.05) is 36.4 Å². The minimum Gasteiger partial charge on any atom is -0.386 e. The maximum Gasteiger partial charge on any atom is 0.191 e. The molecule has 3 unspecified atom stereocenters. The van der Waals surface area contributed by atoms with Gasteiger partial charge in [0.1, 0.15) is 11.9 Å². The third-order valence-electron chi connectivity index (χ3n) is 4.88. The number of thiophene rings is 1. The number of aliphatic hydroxyl groups is 1. The molecule has 1 heterocycles. The van der Waals surface area contributed by atoms with Crippen molar-refractivity contribution in [2.24, 2.45) is 4.99 Å². The number of guanidine groups is 1. The largest absolute Gasteiger partial charge is 0.386 e. The van der Waals surface area contributed by atoms with Crippen LogP contribution in [0.4, 0.5) is 4.39 Å². The molecule has 0 saturated heterocycles. The summed E-state index contributed by atoms with van der Waals surface area (Å²) in [5.74, 6) is 0.631. The van der Waals surface area contributed by atoms with E-state index in [0.717, 1.165) is 22.2 Å². The van der Waals surface area contributed by atoms with Crippen LogP contribution in [0.15, 0.2) is 59.6 Å². The molecule has 3 N–H and O–H groups in total. The van der Waals surface area contributed by atoms with Crippen LogP contribution < -0.4 is 10.6 Å². The van der Waals surface area contributed by atoms with Gasteiger partial charge < -0.3 is 15.7 Å². The number of fused-ring (bicyclic) bond motifs is 1. The lowest BCUT2D eigenvalue weighted by Gasteiger charge is -2.14. The molecule has 4 rings (SSSR count). The van der Waals surface area contributed by atoms with Crippen molar-refractivity contribution in [3.05, 3.63) is 70.9 Å². The summed E-state index contributed by atoms with van der Waals surface area (Å²) in [5.41, 5.74) is 0.746. The highest BCUT2D eigenvalue weighted by atomic mass is 127. The van der Waals surface area contributed by atoms with Crippen LogP contribution >= 0.6 is 35.3 Å². The maximum atomic E-state index is 13.9. The Bertz CT molecular complexity index is 944. The molecule has 0 amide bonds. The van der Waals surface area contributed by atoms with Gasteiger partial charge in [-0.05, 0) is 35.6 Å². The predicted molar refractivity (Wildman–Crippen MR) is 124 cm³/mol. The van der Waals surface area contributed by atoms with Crippen LogP contribution in [0.5, 0.6) is 0 Å². The van der Waals surface area contributed by atoms with Gasteiger partial charge in [0.25, 0.3) is 0 Å². The average molecular weight is 511 g/mol. The molecule has 0 radical (unpaired) electrons. The molecule has 3 atom stereocenters. The zero-order valence-corrected chi connectivity index (χ0v) is 18.6. The van der Waals surface area contributed by atoms with Crippen LogP contribution in [0.25, 0.3) is 10.1 Å². The zero-order valence-electron chi connectivity index (χ0n) is 15.4. The second-order valence-corrected chi connectivity index (χ2v) is 7.89. The lowest BCUT2D eigenvalue weighted by atomic mass is 10.1. The molecule has 0 aliphatic heterocycles. The van der Waals surface area contributed by atoms with Gasteiger partial charge >= 0.3 is 0 Å². The van der Waals surface area contributed by atoms with Gasteiger partial charge in [0, 0.05) is 35.1 Å². The van der Waals surface area contributed by atoms with Crippen molar-refractivity contribution in [2.75, 3.05) is 13.6 Å². The number of aliphatic hydroxyl groups excluding tert-OH is 1. The van der Waals surface area contributed by atoms with Crippen molar-refractivity contribution in [1.82, 2.24) is 10.6 Å². The molecule has 2 aromatic carbocycles. The minimum atomic E-state index is -0.609. The van der Waals surface area contributed by atoms with Crippen molar-refractivity contribution in [2.45, 2.75) is 24.5 Å². The van der Waals surface area contributed by atoms with Gasteiger partial charge in [-0.25, -0.2) is 4.39 Å². The Kier molecular flexibility index (Phi) is 6.90. The first-order valence-corrected chi connectivity index (χ1v) is 9.85. The molecule has 28 heavy (non-hydrogen) atoms. The topological polar surface area (TPSA) is 56.7 Å². The summed E-state index contributed by atoms with van der Waals surface area (Å²) in [7, 11) is 1.70. The number of hydrogen-bond donors (Lipinski definition) is 3. The van der Waals surface area contributed by atoms with Crippen molar-refractivity contribution in [1.29, 1.82) is 0 Å². The van der Waals surface area contributed by atoms with E-state index in [1.165, 1.54) is 10.8 Å². The SMILES string of the molecule is CN=C(NCC(O)c1cc2ccccc2s1)NC1CC1c1ccccc1F.I. The molecule has 1 aliphatic carbocycles. The first-order chi connectivity index (χ1) is 13.2. The highest BCUT2D eigenvalue weighted by Gasteiger charge is 2.40. The highest BCUT2D eigenvalue weighted by molar-refractivity contribution is 14.0. The minimum absolute atomic E-state index is 0. The molecular weight excluding hydrogens is 488 g/mol. The molecule has 1 fully saturated rings. The van der Waals surface area contributed by atoms with Gasteiger partial charge in [0.2, 0.25) is 0 Å². The van der Waals surface area contributed by atoms with Crippen molar-refractivity contribution < 1.29 is 9.50 Å². The fraction of sp³-hybridized carbons (Fsp3) is 0.286. The van der Waals surface area contributed by atoms with Crippen molar-refractivity contribution >= 4 is 51.4 Å². The predicted octanol–water partition coefficient (Wildman–Crippen LogP) is 4.41. The fourth-order valence-corrected chi connectivity index (χ4v) is 4.36. The molecule has 1 aliphatic rings. The quantitative estimate of drug-likeness (QED) is 0.270. The van der Waals surface area contributed by atoms with Crippen LogP contribution in [0, 0.1) is 5.82 Å². The van der Waals surface area contributed by atoms with E-state index in [-0.39, 0.29) is 41.8 Å². The Morgan fingerprint density at radius 3 is 2.75 bits per heavy atom. The number of aliphatic imine (C=N–C) groups is 1. The Balaban J connectivity index is 0.00000225. The molecule has 0 bridgehead atoms. The number of halogens is 2. The lowest BCUT2D eigenvalue weighted by Crippen LogP contribution is -2.40. The van der Waals surface area contributed by atoms with Crippen LogP contribution in [-0.4, -0.2) is 30.7 Å². The summed E-state index contributed by atoms with van der Waals surface area (Å²) in [4.78, 5) is 5.15. The second kappa shape index (κ2) is 9.19. The van der Waals surface area contributed by atoms with E-state index in [0.29, 0.717) is 12.5 Å². The molecule has 4 nitrogen and oxygen atoms in total. The summed E-state index contributed by atoms with van der Waals surface area (Å²) < 4.78 is 15.1. The van der Waals surface area contributed by atoms with Gasteiger partial charge in [0.15, 0.2) is 5.96 Å². The second-order valence-electron chi connectivity index (χ2n) is 6.77. The highest BCUT2D eigenvalue weighted by Crippen LogP contribution is 2.41. The Hall–Kier alpha value is -1.71. The van der Waals surface area contributed by atoms with Crippen LogP contribution in [0.1, 0.15) is 28.9 Å². The van der Waals surface area contributed by atoms with Crippen LogP contribution in [0.2, 0.25) is 0 Å². The van der Waals surface area contributed by atoms with Gasteiger partial charge in [0.05, 0.1) is 0 Å². The van der Waals surface area contributed by atoms with E-state index in [9.17, 15) is 9.50 Å². The summed E-state index contributed by atoms with van der Waals surface area (Å²) in [6.07, 6.45) is 0.267. The number of nitrogens with one attached hydrogen (secondary N) is 2. The first kappa shape index (κ1) is 21.0. The maximum absolute atomic E-state index is 13.9. The zero-order chi connectivity index (χ0) is 18.8. The van der Waals surface area contributed by atoms with E-state index in [1.807, 2.05) is 36.4 Å². The lowest BCUT2D eigenvalue weighted by molar-refractivity contribution is 0.184. The monoisotopic (exact) mass is 511 g/mol. The first-order valence-electron chi connectivity index (χ1n) is 9.04. The molecule has 1 aromatic heterocycles. The van der Waals surface area contributed by atoms with Crippen LogP contribution in [0.3, 0.4) is 0 Å². The molecule has 0 spiro atoms. The van der Waals surface area contributed by atoms with Gasteiger partial charge in [-0.2, -0.15) is 0 Å². The molecular formula is C21H23FIN3OS. The summed E-state index contributed by atoms with van der Waals surface area (Å²) in [6.45, 7) is 0.365. The smallest absolute Gasteiger partial charge is 0.191 e. The standard InChI is InChI=1S/C21H22FN3OS.HI/c1-23-21(25-17-11-15(17)14-7-3-4-8-16(14)22)24-12-18(26)20-10-13-6-2-5-9-19(13)27-20;/h2-10,15,17-18,26H,11-12H2,1H3,(H2,23,24,25);1H. The van der Waals surface area contributed by atoms with E-state index >= 15 is 0 Å². The van der Waals surface area contributed by atoms with Crippen LogP contribution in [-0.2, 0) is 0 Å². The number of benzene rings is 2. The Morgan fingerprint density at radius 1 is 1.25 bits per heavy atom. The fourth-order valence-electron chi connectivity index (χ4n) is 3.30. The number of rotatable bonds is 5. The average Bonchev–Trinajstić information content (AvgIpc) is 3.30. The van der Waals surface area contributed by atoms with Gasteiger partial charge in [-0.3, -0.25) is 4.99 Å². The molecule has 1 saturated carbocycles. The number of nitrogens with zero attached hydrogens (tertiary/aromatic N) is 1. The summed E-state index contributed by atoms with van der Waals surface area (Å²) in [6, 6.07) is 17.2. The van der Waals surface area contributed by atoms with E-state index in [4.69, 9.17) is 0 Å². The Labute approximate surface area is 184 Å². The molecule has 148 valence electrons.